The van der Waals surface area contributed by atoms with Gasteiger partial charge in [0.15, 0.2) is 0 Å². The van der Waals surface area contributed by atoms with Crippen molar-refractivity contribution in [2.45, 2.75) is 48.8 Å². The highest BCUT2D eigenvalue weighted by molar-refractivity contribution is 7.92. The van der Waals surface area contributed by atoms with Crippen molar-refractivity contribution >= 4 is 15.7 Å². The molecule has 2 aliphatic rings. The normalized spacial score (nSPS) is 23.8. The lowest BCUT2D eigenvalue weighted by molar-refractivity contribution is 0.112. The molecule has 2 aromatic rings. The van der Waals surface area contributed by atoms with Crippen LogP contribution >= 0.6 is 0 Å². The predicted molar refractivity (Wildman–Crippen MR) is 110 cm³/mol. The SMILES string of the molecule is CCCN1CCC(c2ccc(NS(=O)(=O)c3ccc(C4CC4(F)F)cc3)cc2)C1. The average Bonchev–Trinajstić information content (AvgIpc) is 3.10. The molecule has 4 rings (SSSR count). The van der Waals surface area contributed by atoms with E-state index in [1.807, 2.05) is 12.1 Å². The number of likely N-dealkylation sites (tertiary alicyclic amines) is 1. The van der Waals surface area contributed by atoms with Gasteiger partial charge in [-0.1, -0.05) is 31.2 Å². The summed E-state index contributed by atoms with van der Waals surface area (Å²) in [5.74, 6) is -2.96. The van der Waals surface area contributed by atoms with Gasteiger partial charge in [0.25, 0.3) is 15.9 Å². The van der Waals surface area contributed by atoms with E-state index < -0.39 is 21.9 Å². The molecular formula is C22H26F2N2O2S. The fourth-order valence-electron chi connectivity index (χ4n) is 4.12. The monoisotopic (exact) mass is 420 g/mol. The van der Waals surface area contributed by atoms with Crippen molar-refractivity contribution in [2.75, 3.05) is 24.4 Å². The highest BCUT2D eigenvalue weighted by Gasteiger charge is 2.57. The molecule has 4 nitrogen and oxygen atoms in total. The summed E-state index contributed by atoms with van der Waals surface area (Å²) in [6, 6.07) is 13.3. The summed E-state index contributed by atoms with van der Waals surface area (Å²) in [6.45, 7) is 5.45. The molecule has 1 N–H and O–H groups in total. The zero-order chi connectivity index (χ0) is 20.6. The summed E-state index contributed by atoms with van der Waals surface area (Å²) in [6.07, 6.45) is 2.11. The first-order valence-electron chi connectivity index (χ1n) is 10.1. The molecule has 1 saturated carbocycles. The van der Waals surface area contributed by atoms with Crippen molar-refractivity contribution in [3.8, 4) is 0 Å². The molecule has 7 heteroatoms. The summed E-state index contributed by atoms with van der Waals surface area (Å²) in [5, 5.41) is 0. The Labute approximate surface area is 171 Å². The zero-order valence-electron chi connectivity index (χ0n) is 16.4. The molecule has 0 bridgehead atoms. The van der Waals surface area contributed by atoms with Gasteiger partial charge in [-0.3, -0.25) is 4.72 Å². The van der Waals surface area contributed by atoms with Crippen LogP contribution in [0.1, 0.15) is 49.1 Å². The summed E-state index contributed by atoms with van der Waals surface area (Å²) in [7, 11) is -3.76. The van der Waals surface area contributed by atoms with Gasteiger partial charge >= 0.3 is 0 Å². The number of sulfonamides is 1. The second-order valence-corrected chi connectivity index (χ2v) is 9.78. The largest absolute Gasteiger partial charge is 0.303 e. The Kier molecular flexibility index (Phi) is 5.38. The smallest absolute Gasteiger partial charge is 0.261 e. The quantitative estimate of drug-likeness (QED) is 0.699. The molecule has 2 unspecified atom stereocenters. The Morgan fingerprint density at radius 1 is 1.07 bits per heavy atom. The van der Waals surface area contributed by atoms with Crippen LogP contribution in [-0.2, 0) is 10.0 Å². The average molecular weight is 421 g/mol. The lowest BCUT2D eigenvalue weighted by atomic mass is 9.98. The minimum Gasteiger partial charge on any atom is -0.303 e. The third-order valence-corrected chi connectivity index (χ3v) is 7.26. The van der Waals surface area contributed by atoms with Crippen molar-refractivity contribution in [3.05, 3.63) is 59.7 Å². The topological polar surface area (TPSA) is 49.4 Å². The van der Waals surface area contributed by atoms with Gasteiger partial charge in [-0.05, 0) is 67.2 Å². The van der Waals surface area contributed by atoms with Crippen molar-refractivity contribution in [1.29, 1.82) is 0 Å². The zero-order valence-corrected chi connectivity index (χ0v) is 17.3. The van der Waals surface area contributed by atoms with Gasteiger partial charge in [0.05, 0.1) is 10.8 Å². The Balaban J connectivity index is 1.40. The first-order chi connectivity index (χ1) is 13.8. The van der Waals surface area contributed by atoms with Crippen LogP contribution in [0.2, 0.25) is 0 Å². The van der Waals surface area contributed by atoms with Crippen LogP contribution in [0.15, 0.2) is 53.4 Å². The number of rotatable bonds is 7. The van der Waals surface area contributed by atoms with E-state index in [1.165, 1.54) is 29.8 Å². The van der Waals surface area contributed by atoms with E-state index in [4.69, 9.17) is 0 Å². The molecule has 2 aromatic carbocycles. The molecule has 0 spiro atoms. The van der Waals surface area contributed by atoms with Crippen molar-refractivity contribution < 1.29 is 17.2 Å². The fourth-order valence-corrected chi connectivity index (χ4v) is 5.17. The number of benzene rings is 2. The molecule has 0 radical (unpaired) electrons. The second kappa shape index (κ2) is 7.69. The number of nitrogens with one attached hydrogen (secondary N) is 1. The molecule has 0 aromatic heterocycles. The standard InChI is InChI=1S/C22H26F2N2O2S/c1-2-12-26-13-11-18(15-26)16-3-7-19(8-4-16)25-29(27,28)20-9-5-17(6-10-20)21-14-22(21,23)24/h3-10,18,21,25H,2,11-15H2,1H3. The fraction of sp³-hybridized carbons (Fsp3) is 0.455. The van der Waals surface area contributed by atoms with Gasteiger partial charge in [0, 0.05) is 18.7 Å². The molecule has 156 valence electrons. The Morgan fingerprint density at radius 3 is 2.28 bits per heavy atom. The minimum atomic E-state index is -3.76. The van der Waals surface area contributed by atoms with Crippen molar-refractivity contribution in [3.63, 3.8) is 0 Å². The van der Waals surface area contributed by atoms with E-state index in [0.717, 1.165) is 32.5 Å². The summed E-state index contributed by atoms with van der Waals surface area (Å²) < 4.78 is 54.2. The predicted octanol–water partition coefficient (Wildman–Crippen LogP) is 4.81. The maximum atomic E-state index is 13.2. The van der Waals surface area contributed by atoms with Gasteiger partial charge in [-0.25, -0.2) is 17.2 Å². The maximum absolute atomic E-state index is 13.2. The van der Waals surface area contributed by atoms with Gasteiger partial charge in [0.1, 0.15) is 0 Å². The molecule has 1 aliphatic heterocycles. The highest BCUT2D eigenvalue weighted by atomic mass is 32.2. The van der Waals surface area contributed by atoms with Crippen LogP contribution in [-0.4, -0.2) is 38.9 Å². The van der Waals surface area contributed by atoms with Crippen LogP contribution in [0, 0.1) is 0 Å². The Hall–Kier alpha value is -1.99. The first kappa shape index (κ1) is 20.3. The van der Waals surface area contributed by atoms with Crippen molar-refractivity contribution in [1.82, 2.24) is 4.90 Å². The van der Waals surface area contributed by atoms with Gasteiger partial charge in [-0.2, -0.15) is 0 Å². The third kappa shape index (κ3) is 4.46. The summed E-state index contributed by atoms with van der Waals surface area (Å²) in [4.78, 5) is 2.53. The van der Waals surface area contributed by atoms with Crippen LogP contribution in [0.25, 0.3) is 0 Å². The van der Waals surface area contributed by atoms with E-state index in [2.05, 4.69) is 16.5 Å². The number of anilines is 1. The molecule has 1 aliphatic carbocycles. The summed E-state index contributed by atoms with van der Waals surface area (Å²) in [5.41, 5.74) is 2.20. The molecule has 1 heterocycles. The molecule has 2 fully saturated rings. The van der Waals surface area contributed by atoms with E-state index >= 15 is 0 Å². The van der Waals surface area contributed by atoms with Gasteiger partial charge in [-0.15, -0.1) is 0 Å². The number of halogens is 2. The van der Waals surface area contributed by atoms with E-state index in [-0.39, 0.29) is 11.3 Å². The van der Waals surface area contributed by atoms with Crippen LogP contribution in [0.3, 0.4) is 0 Å². The lowest BCUT2D eigenvalue weighted by Crippen LogP contribution is -2.20. The number of alkyl halides is 2. The van der Waals surface area contributed by atoms with E-state index in [0.29, 0.717) is 17.2 Å². The van der Waals surface area contributed by atoms with Gasteiger partial charge < -0.3 is 4.90 Å². The number of hydrogen-bond donors (Lipinski definition) is 1. The Bertz CT molecular complexity index is 959. The summed E-state index contributed by atoms with van der Waals surface area (Å²) >= 11 is 0. The van der Waals surface area contributed by atoms with Crippen LogP contribution < -0.4 is 4.72 Å². The third-order valence-electron chi connectivity index (χ3n) is 5.87. The van der Waals surface area contributed by atoms with Gasteiger partial charge in [0.2, 0.25) is 0 Å². The second-order valence-electron chi connectivity index (χ2n) is 8.10. The minimum absolute atomic E-state index is 0.0697. The maximum Gasteiger partial charge on any atom is 0.261 e. The molecule has 0 amide bonds. The first-order valence-corrected chi connectivity index (χ1v) is 11.6. The molecule has 29 heavy (non-hydrogen) atoms. The molecule has 2 atom stereocenters. The lowest BCUT2D eigenvalue weighted by Gasteiger charge is -2.15. The van der Waals surface area contributed by atoms with E-state index in [1.54, 1.807) is 12.1 Å². The van der Waals surface area contributed by atoms with Crippen LogP contribution in [0.5, 0.6) is 0 Å². The molecular weight excluding hydrogens is 394 g/mol. The van der Waals surface area contributed by atoms with Crippen molar-refractivity contribution in [2.24, 2.45) is 0 Å². The Morgan fingerprint density at radius 2 is 1.69 bits per heavy atom. The highest BCUT2D eigenvalue weighted by Crippen LogP contribution is 2.55. The molecule has 1 saturated heterocycles. The number of hydrogen-bond acceptors (Lipinski definition) is 3. The van der Waals surface area contributed by atoms with E-state index in [9.17, 15) is 17.2 Å². The number of nitrogens with zero attached hydrogens (tertiary/aromatic N) is 1. The van der Waals surface area contributed by atoms with Crippen LogP contribution in [0.4, 0.5) is 14.5 Å².